The number of amides is 2. The molecule has 2 N–H and O–H groups in total. The highest BCUT2D eigenvalue weighted by Crippen LogP contribution is 2.39. The van der Waals surface area contributed by atoms with E-state index in [1.807, 2.05) is 29.3 Å². The zero-order chi connectivity index (χ0) is 19.7. The zero-order valence-corrected chi connectivity index (χ0v) is 16.4. The number of hydrogen-bond donors (Lipinski definition) is 2. The first-order valence-electron chi connectivity index (χ1n) is 10.0. The summed E-state index contributed by atoms with van der Waals surface area (Å²) in [7, 11) is 0. The van der Waals surface area contributed by atoms with Crippen molar-refractivity contribution in [2.75, 3.05) is 39.3 Å². The molecule has 0 aliphatic carbocycles. The van der Waals surface area contributed by atoms with E-state index in [0.29, 0.717) is 32.6 Å². The van der Waals surface area contributed by atoms with Crippen LogP contribution in [0.2, 0.25) is 0 Å². The fourth-order valence-corrected chi connectivity index (χ4v) is 5.00. The Kier molecular flexibility index (Phi) is 5.35. The van der Waals surface area contributed by atoms with Crippen LogP contribution in [0.25, 0.3) is 0 Å². The molecule has 0 radical (unpaired) electrons. The van der Waals surface area contributed by atoms with Crippen molar-refractivity contribution in [3.63, 3.8) is 0 Å². The fourth-order valence-electron chi connectivity index (χ4n) is 5.00. The van der Waals surface area contributed by atoms with Crippen LogP contribution in [0, 0.1) is 0 Å². The number of rotatable bonds is 5. The topological polar surface area (TPSA) is 89.0 Å². The molecule has 2 amide bonds. The lowest BCUT2D eigenvalue weighted by Crippen LogP contribution is -2.78. The summed E-state index contributed by atoms with van der Waals surface area (Å²) in [5, 5.41) is 12.9. The molecule has 1 aromatic rings. The van der Waals surface area contributed by atoms with Gasteiger partial charge >= 0.3 is 0 Å². The van der Waals surface area contributed by atoms with Crippen molar-refractivity contribution in [2.24, 2.45) is 0 Å². The molecule has 4 rings (SSSR count). The quantitative estimate of drug-likeness (QED) is 0.704. The summed E-state index contributed by atoms with van der Waals surface area (Å²) in [6, 6.07) is 6.17. The van der Waals surface area contributed by atoms with E-state index >= 15 is 0 Å². The number of piperazine rings is 1. The summed E-state index contributed by atoms with van der Waals surface area (Å²) in [4.78, 5) is 34.9. The maximum Gasteiger partial charge on any atom is 0.224 e. The van der Waals surface area contributed by atoms with Crippen LogP contribution in [0.15, 0.2) is 24.4 Å². The number of nitrogens with one attached hydrogen (secondary N) is 1. The van der Waals surface area contributed by atoms with Gasteiger partial charge in [0.15, 0.2) is 0 Å². The van der Waals surface area contributed by atoms with Gasteiger partial charge in [0, 0.05) is 71.4 Å². The average Bonchev–Trinajstić information content (AvgIpc) is 3.01. The van der Waals surface area contributed by atoms with Gasteiger partial charge in [-0.1, -0.05) is 6.07 Å². The first kappa shape index (κ1) is 19.3. The first-order chi connectivity index (χ1) is 13.4. The van der Waals surface area contributed by atoms with Gasteiger partial charge in [0.05, 0.1) is 17.3 Å². The van der Waals surface area contributed by atoms with Gasteiger partial charge in [-0.2, -0.15) is 0 Å². The molecule has 0 aromatic carbocycles. The minimum absolute atomic E-state index is 0.0809. The molecular weight excluding hydrogens is 358 g/mol. The average molecular weight is 387 g/mol. The van der Waals surface area contributed by atoms with E-state index in [1.165, 1.54) is 6.92 Å². The van der Waals surface area contributed by atoms with Crippen LogP contribution in [-0.4, -0.2) is 93.6 Å². The van der Waals surface area contributed by atoms with Crippen molar-refractivity contribution < 1.29 is 14.7 Å². The Balaban J connectivity index is 1.40. The lowest BCUT2D eigenvalue weighted by Gasteiger charge is -2.61. The molecule has 3 aliphatic rings. The number of aliphatic hydroxyl groups excluding tert-OH is 1. The monoisotopic (exact) mass is 387 g/mol. The number of pyridine rings is 1. The maximum absolute atomic E-state index is 12.7. The Labute approximate surface area is 165 Å². The highest BCUT2D eigenvalue weighted by Gasteiger charge is 2.56. The van der Waals surface area contributed by atoms with Crippen LogP contribution in [0.4, 0.5) is 0 Å². The Bertz CT molecular complexity index is 722. The van der Waals surface area contributed by atoms with E-state index < -0.39 is 0 Å². The number of fused-ring (bicyclic) bond motifs is 2. The second-order valence-electron chi connectivity index (χ2n) is 8.39. The number of carbonyl (C=O) groups excluding carboxylic acids is 2. The van der Waals surface area contributed by atoms with Gasteiger partial charge in [-0.3, -0.25) is 24.4 Å². The molecule has 1 spiro atoms. The largest absolute Gasteiger partial charge is 0.392 e. The number of β-amino-alcohol motifs (C(OH)–C–C–N with tert-alkyl or cyclic N) is 1. The van der Waals surface area contributed by atoms with Crippen LogP contribution in [0.1, 0.15) is 25.5 Å². The molecule has 3 aliphatic heterocycles. The lowest BCUT2D eigenvalue weighted by molar-refractivity contribution is -0.151. The predicted molar refractivity (Wildman–Crippen MR) is 103 cm³/mol. The molecule has 8 nitrogen and oxygen atoms in total. The van der Waals surface area contributed by atoms with Crippen molar-refractivity contribution in [1.82, 2.24) is 25.0 Å². The minimum Gasteiger partial charge on any atom is -0.392 e. The summed E-state index contributed by atoms with van der Waals surface area (Å²) in [6.07, 6.45) is 2.54. The molecule has 2 atom stereocenters. The molecule has 3 saturated heterocycles. The Morgan fingerprint density at radius 3 is 2.82 bits per heavy atom. The Morgan fingerprint density at radius 1 is 1.29 bits per heavy atom. The van der Waals surface area contributed by atoms with Gasteiger partial charge in [0.25, 0.3) is 0 Å². The number of likely N-dealkylation sites (tertiary alicyclic amines) is 1. The standard InChI is InChI=1S/C20H29N5O3/c1-15(26)21-7-5-19(28)24-10-17-8-18(27)11-25(17)20(14-24)12-23(13-20)9-16-4-2-3-6-22-16/h2-4,6,17-18,27H,5,7-14H2,1H3,(H,21,26). The third kappa shape index (κ3) is 3.90. The number of hydrogen-bond acceptors (Lipinski definition) is 6. The summed E-state index contributed by atoms with van der Waals surface area (Å²) in [5.41, 5.74) is 0.966. The van der Waals surface area contributed by atoms with Gasteiger partial charge in [-0.15, -0.1) is 0 Å². The van der Waals surface area contributed by atoms with Crippen LogP contribution in [-0.2, 0) is 16.1 Å². The van der Waals surface area contributed by atoms with Gasteiger partial charge in [0.2, 0.25) is 11.8 Å². The number of aromatic nitrogens is 1. The Morgan fingerprint density at radius 2 is 2.11 bits per heavy atom. The third-order valence-electron chi connectivity index (χ3n) is 6.13. The number of carbonyl (C=O) groups is 2. The second-order valence-corrected chi connectivity index (χ2v) is 8.39. The molecule has 152 valence electrons. The fraction of sp³-hybridized carbons (Fsp3) is 0.650. The first-order valence-corrected chi connectivity index (χ1v) is 10.0. The number of aliphatic hydroxyl groups is 1. The van der Waals surface area contributed by atoms with E-state index in [0.717, 1.165) is 31.7 Å². The third-order valence-corrected chi connectivity index (χ3v) is 6.13. The van der Waals surface area contributed by atoms with Crippen molar-refractivity contribution >= 4 is 11.8 Å². The summed E-state index contributed by atoms with van der Waals surface area (Å²) < 4.78 is 0. The van der Waals surface area contributed by atoms with Crippen LogP contribution in [0.5, 0.6) is 0 Å². The van der Waals surface area contributed by atoms with E-state index in [-0.39, 0.29) is 29.5 Å². The Hall–Kier alpha value is -2.03. The molecule has 28 heavy (non-hydrogen) atoms. The van der Waals surface area contributed by atoms with Crippen LogP contribution in [0.3, 0.4) is 0 Å². The highest BCUT2D eigenvalue weighted by atomic mass is 16.3. The minimum atomic E-state index is -0.318. The molecule has 0 bridgehead atoms. The molecular formula is C20H29N5O3. The van der Waals surface area contributed by atoms with Gasteiger partial charge in [-0.05, 0) is 18.6 Å². The molecule has 4 heterocycles. The maximum atomic E-state index is 12.7. The normalized spacial score (nSPS) is 26.7. The van der Waals surface area contributed by atoms with E-state index in [2.05, 4.69) is 20.1 Å². The molecule has 8 heteroatoms. The molecule has 3 fully saturated rings. The summed E-state index contributed by atoms with van der Waals surface area (Å²) in [6.45, 7) is 6.44. The van der Waals surface area contributed by atoms with E-state index in [1.54, 1.807) is 0 Å². The highest BCUT2D eigenvalue weighted by molar-refractivity contribution is 5.78. The molecule has 1 aromatic heterocycles. The zero-order valence-electron chi connectivity index (χ0n) is 16.4. The smallest absolute Gasteiger partial charge is 0.224 e. The summed E-state index contributed by atoms with van der Waals surface area (Å²) in [5.74, 6) is -0.0329. The summed E-state index contributed by atoms with van der Waals surface area (Å²) >= 11 is 0. The SMILES string of the molecule is CC(=O)NCCC(=O)N1CC2CC(O)CN2C2(CN(Cc3ccccn3)C2)C1. The predicted octanol–water partition coefficient (Wildman–Crippen LogP) is -0.560. The van der Waals surface area contributed by atoms with Crippen LogP contribution >= 0.6 is 0 Å². The van der Waals surface area contributed by atoms with Gasteiger partial charge in [-0.25, -0.2) is 0 Å². The second kappa shape index (κ2) is 7.77. The van der Waals surface area contributed by atoms with E-state index in [9.17, 15) is 14.7 Å². The van der Waals surface area contributed by atoms with Crippen molar-refractivity contribution in [3.8, 4) is 0 Å². The van der Waals surface area contributed by atoms with Gasteiger partial charge in [0.1, 0.15) is 0 Å². The van der Waals surface area contributed by atoms with Crippen molar-refractivity contribution in [3.05, 3.63) is 30.1 Å². The van der Waals surface area contributed by atoms with Gasteiger partial charge < -0.3 is 15.3 Å². The molecule has 2 unspecified atom stereocenters. The number of nitrogens with zero attached hydrogens (tertiary/aromatic N) is 4. The van der Waals surface area contributed by atoms with Crippen molar-refractivity contribution in [1.29, 1.82) is 0 Å². The lowest BCUT2D eigenvalue weighted by atomic mass is 9.83. The molecule has 0 saturated carbocycles. The van der Waals surface area contributed by atoms with Crippen molar-refractivity contribution in [2.45, 2.75) is 44.0 Å². The van der Waals surface area contributed by atoms with Crippen LogP contribution < -0.4 is 5.32 Å². The van der Waals surface area contributed by atoms with E-state index in [4.69, 9.17) is 0 Å².